The van der Waals surface area contributed by atoms with E-state index in [1.807, 2.05) is 0 Å². The molecule has 0 aliphatic heterocycles. The van der Waals surface area contributed by atoms with Crippen LogP contribution in [-0.2, 0) is 0 Å². The second kappa shape index (κ2) is 4.18. The summed E-state index contributed by atoms with van der Waals surface area (Å²) in [6.07, 6.45) is 0.583. The van der Waals surface area contributed by atoms with Gasteiger partial charge in [-0.25, -0.2) is 0 Å². The van der Waals surface area contributed by atoms with Gasteiger partial charge in [-0.3, -0.25) is 4.79 Å². The van der Waals surface area contributed by atoms with Crippen LogP contribution in [0.5, 0.6) is 5.75 Å². The van der Waals surface area contributed by atoms with E-state index in [0.717, 1.165) is 0 Å². The molecular weight excluding hydrogens is 234 g/mol. The maximum absolute atomic E-state index is 10.5. The van der Waals surface area contributed by atoms with Gasteiger partial charge in [-0.15, -0.1) is 0 Å². The van der Waals surface area contributed by atoms with Crippen molar-refractivity contribution in [3.8, 4) is 5.75 Å². The molecule has 0 amide bonds. The summed E-state index contributed by atoms with van der Waals surface area (Å²) < 4.78 is 4.89. The number of rotatable bonds is 2. The standard InChI is InChI=1S/C8H5Cl3O2/c1-13-8-5(9)2-4(3-12)6(10)7(8)11/h2-3H,1H3. The molecule has 0 saturated carbocycles. The highest BCUT2D eigenvalue weighted by atomic mass is 35.5. The van der Waals surface area contributed by atoms with Crippen molar-refractivity contribution in [3.63, 3.8) is 0 Å². The van der Waals surface area contributed by atoms with Crippen LogP contribution in [0.25, 0.3) is 0 Å². The van der Waals surface area contributed by atoms with E-state index in [1.165, 1.54) is 13.2 Å². The van der Waals surface area contributed by atoms with E-state index in [2.05, 4.69) is 0 Å². The molecule has 0 heterocycles. The van der Waals surface area contributed by atoms with Crippen molar-refractivity contribution in [2.45, 2.75) is 0 Å². The van der Waals surface area contributed by atoms with E-state index < -0.39 is 0 Å². The summed E-state index contributed by atoms with van der Waals surface area (Å²) in [5, 5.41) is 0.565. The molecule has 0 saturated heterocycles. The predicted molar refractivity (Wildman–Crippen MR) is 53.4 cm³/mol. The third kappa shape index (κ3) is 1.90. The van der Waals surface area contributed by atoms with E-state index >= 15 is 0 Å². The van der Waals surface area contributed by atoms with Crippen LogP contribution in [0.2, 0.25) is 15.1 Å². The van der Waals surface area contributed by atoms with E-state index in [9.17, 15) is 4.79 Å². The fourth-order valence-corrected chi connectivity index (χ4v) is 1.68. The molecule has 70 valence electrons. The summed E-state index contributed by atoms with van der Waals surface area (Å²) in [6.45, 7) is 0. The van der Waals surface area contributed by atoms with Crippen LogP contribution in [0, 0.1) is 0 Å². The SMILES string of the molecule is COc1c(Cl)cc(C=O)c(Cl)c1Cl. The molecule has 0 aliphatic rings. The van der Waals surface area contributed by atoms with E-state index in [1.54, 1.807) is 0 Å². The summed E-state index contributed by atoms with van der Waals surface area (Å²) in [4.78, 5) is 10.5. The van der Waals surface area contributed by atoms with Crippen molar-refractivity contribution < 1.29 is 9.53 Å². The molecule has 0 unspecified atom stereocenters. The number of carbonyl (C=O) groups is 1. The van der Waals surface area contributed by atoms with Gasteiger partial charge in [-0.1, -0.05) is 34.8 Å². The first-order valence-electron chi connectivity index (χ1n) is 3.28. The molecule has 1 aromatic carbocycles. The smallest absolute Gasteiger partial charge is 0.157 e. The number of methoxy groups -OCH3 is 1. The Bertz CT molecular complexity index is 350. The fraction of sp³-hybridized carbons (Fsp3) is 0.125. The van der Waals surface area contributed by atoms with Gasteiger partial charge in [0.2, 0.25) is 0 Å². The van der Waals surface area contributed by atoms with E-state index in [-0.39, 0.29) is 26.4 Å². The molecular formula is C8H5Cl3O2. The van der Waals surface area contributed by atoms with Crippen molar-refractivity contribution in [2.75, 3.05) is 7.11 Å². The number of carbonyl (C=O) groups excluding carboxylic acids is 1. The third-order valence-corrected chi connectivity index (χ3v) is 2.62. The number of hydrogen-bond donors (Lipinski definition) is 0. The molecule has 5 heteroatoms. The van der Waals surface area contributed by atoms with Crippen molar-refractivity contribution in [1.82, 2.24) is 0 Å². The molecule has 2 nitrogen and oxygen atoms in total. The summed E-state index contributed by atoms with van der Waals surface area (Å²) in [7, 11) is 1.42. The van der Waals surface area contributed by atoms with Gasteiger partial charge in [-0.05, 0) is 6.07 Å². The maximum atomic E-state index is 10.5. The Morgan fingerprint density at radius 3 is 2.38 bits per heavy atom. The third-order valence-electron chi connectivity index (χ3n) is 1.48. The first kappa shape index (κ1) is 10.6. The second-order valence-corrected chi connectivity index (χ2v) is 3.39. The zero-order valence-corrected chi connectivity index (χ0v) is 8.87. The van der Waals surface area contributed by atoms with Crippen molar-refractivity contribution >= 4 is 41.1 Å². The average Bonchev–Trinajstić information content (AvgIpc) is 2.12. The topological polar surface area (TPSA) is 26.3 Å². The molecule has 0 atom stereocenters. The Hall–Kier alpha value is -0.440. The lowest BCUT2D eigenvalue weighted by Crippen LogP contribution is -1.90. The molecule has 0 radical (unpaired) electrons. The van der Waals surface area contributed by atoms with Crippen molar-refractivity contribution in [3.05, 3.63) is 26.7 Å². The van der Waals surface area contributed by atoms with Gasteiger partial charge in [0, 0.05) is 5.56 Å². The highest BCUT2D eigenvalue weighted by Gasteiger charge is 2.14. The van der Waals surface area contributed by atoms with Crippen LogP contribution in [0.4, 0.5) is 0 Å². The van der Waals surface area contributed by atoms with Gasteiger partial charge in [-0.2, -0.15) is 0 Å². The number of halogens is 3. The van der Waals surface area contributed by atoms with Gasteiger partial charge >= 0.3 is 0 Å². The number of ether oxygens (including phenoxy) is 1. The van der Waals surface area contributed by atoms with E-state index in [4.69, 9.17) is 39.5 Å². The van der Waals surface area contributed by atoms with Crippen molar-refractivity contribution in [1.29, 1.82) is 0 Å². The van der Waals surface area contributed by atoms with Gasteiger partial charge in [0.25, 0.3) is 0 Å². The van der Waals surface area contributed by atoms with Crippen LogP contribution in [0.3, 0.4) is 0 Å². The Kier molecular flexibility index (Phi) is 3.42. The molecule has 0 spiro atoms. The first-order chi connectivity index (χ1) is 6.11. The number of hydrogen-bond acceptors (Lipinski definition) is 2. The zero-order valence-electron chi connectivity index (χ0n) is 6.61. The minimum atomic E-state index is 0.151. The minimum absolute atomic E-state index is 0.151. The lowest BCUT2D eigenvalue weighted by atomic mass is 10.2. The lowest BCUT2D eigenvalue weighted by molar-refractivity contribution is 0.112. The van der Waals surface area contributed by atoms with Crippen LogP contribution in [-0.4, -0.2) is 13.4 Å². The summed E-state index contributed by atoms with van der Waals surface area (Å²) in [6, 6.07) is 1.40. The van der Waals surface area contributed by atoms with Gasteiger partial charge < -0.3 is 4.74 Å². The lowest BCUT2D eigenvalue weighted by Gasteiger charge is -2.08. The molecule has 0 aliphatic carbocycles. The average molecular weight is 239 g/mol. The second-order valence-electron chi connectivity index (χ2n) is 2.23. The van der Waals surface area contributed by atoms with Crippen LogP contribution >= 0.6 is 34.8 Å². The van der Waals surface area contributed by atoms with Gasteiger partial charge in [0.15, 0.2) is 12.0 Å². The van der Waals surface area contributed by atoms with Gasteiger partial charge in [0.05, 0.1) is 17.2 Å². The summed E-state index contributed by atoms with van der Waals surface area (Å²) in [5.74, 6) is 0.277. The molecule has 13 heavy (non-hydrogen) atoms. The van der Waals surface area contributed by atoms with Gasteiger partial charge in [0.1, 0.15) is 5.02 Å². The summed E-state index contributed by atoms with van der Waals surface area (Å²) in [5.41, 5.74) is 0.248. The Labute approximate surface area is 90.3 Å². The van der Waals surface area contributed by atoms with Crippen LogP contribution < -0.4 is 4.74 Å². The van der Waals surface area contributed by atoms with Crippen LogP contribution in [0.15, 0.2) is 6.07 Å². The molecule has 0 aromatic heterocycles. The molecule has 0 N–H and O–H groups in total. The van der Waals surface area contributed by atoms with Crippen LogP contribution in [0.1, 0.15) is 10.4 Å². The highest BCUT2D eigenvalue weighted by molar-refractivity contribution is 6.46. The minimum Gasteiger partial charge on any atom is -0.494 e. The number of benzene rings is 1. The maximum Gasteiger partial charge on any atom is 0.157 e. The Morgan fingerprint density at radius 2 is 1.92 bits per heavy atom. The quantitative estimate of drug-likeness (QED) is 0.583. The Morgan fingerprint density at radius 1 is 1.31 bits per heavy atom. The molecule has 1 aromatic rings. The highest BCUT2D eigenvalue weighted by Crippen LogP contribution is 2.39. The first-order valence-corrected chi connectivity index (χ1v) is 4.41. The monoisotopic (exact) mass is 238 g/mol. The summed E-state index contributed by atoms with van der Waals surface area (Å²) >= 11 is 17.3. The predicted octanol–water partition coefficient (Wildman–Crippen LogP) is 3.47. The van der Waals surface area contributed by atoms with Crippen molar-refractivity contribution in [2.24, 2.45) is 0 Å². The Balaban J connectivity index is 3.45. The zero-order chi connectivity index (χ0) is 10.0. The normalized spacial score (nSPS) is 9.85. The fourth-order valence-electron chi connectivity index (χ4n) is 0.870. The largest absolute Gasteiger partial charge is 0.494 e. The van der Waals surface area contributed by atoms with E-state index in [0.29, 0.717) is 6.29 Å². The molecule has 1 rings (SSSR count). The molecule has 0 bridgehead atoms. The number of aldehydes is 1. The molecule has 0 fully saturated rings.